The van der Waals surface area contributed by atoms with E-state index in [2.05, 4.69) is 16.9 Å². The van der Waals surface area contributed by atoms with Crippen LogP contribution in [0.4, 0.5) is 0 Å². The highest BCUT2D eigenvalue weighted by Crippen LogP contribution is 2.18. The summed E-state index contributed by atoms with van der Waals surface area (Å²) in [5.74, 6) is 0.803. The second-order valence-corrected chi connectivity index (χ2v) is 7.61. The number of unbranched alkanes of at least 4 members (excludes halogenated alkanes) is 7. The third kappa shape index (κ3) is 7.20. The first kappa shape index (κ1) is 20.0. The van der Waals surface area contributed by atoms with Crippen LogP contribution >= 0.6 is 11.8 Å². The van der Waals surface area contributed by atoms with Gasteiger partial charge in [-0.1, -0.05) is 82.2 Å². The van der Waals surface area contributed by atoms with Crippen molar-refractivity contribution in [1.29, 1.82) is 0 Å². The average Bonchev–Trinajstić information content (AvgIpc) is 3.06. The molecular weight excluding hydrogens is 332 g/mol. The topological polar surface area (TPSA) is 66.0 Å². The molecule has 25 heavy (non-hydrogen) atoms. The van der Waals surface area contributed by atoms with E-state index >= 15 is 0 Å². The summed E-state index contributed by atoms with van der Waals surface area (Å²) in [6.45, 7) is 2.23. The van der Waals surface area contributed by atoms with Gasteiger partial charge >= 0.3 is 0 Å². The molecule has 1 unspecified atom stereocenters. The van der Waals surface area contributed by atoms with Crippen LogP contribution in [-0.4, -0.2) is 32.0 Å². The van der Waals surface area contributed by atoms with Gasteiger partial charge in [-0.25, -0.2) is 4.98 Å². The minimum atomic E-state index is -0.418. The summed E-state index contributed by atoms with van der Waals surface area (Å²) in [5.41, 5.74) is 1.66. The molecule has 2 rings (SSSR count). The SMILES string of the molecule is CCCCCCCCCCC(O)CSC(=O)c1nc2ccccc2[nH]1. The number of imidazole rings is 1. The van der Waals surface area contributed by atoms with Crippen LogP contribution in [0.1, 0.15) is 75.3 Å². The van der Waals surface area contributed by atoms with E-state index in [1.807, 2.05) is 24.3 Å². The number of thioether (sulfide) groups is 1. The third-order valence-electron chi connectivity index (χ3n) is 4.38. The maximum absolute atomic E-state index is 12.2. The van der Waals surface area contributed by atoms with Crippen LogP contribution in [0.15, 0.2) is 24.3 Å². The second kappa shape index (κ2) is 11.3. The van der Waals surface area contributed by atoms with Crippen LogP contribution in [0.25, 0.3) is 11.0 Å². The molecule has 138 valence electrons. The van der Waals surface area contributed by atoms with Crippen molar-refractivity contribution in [1.82, 2.24) is 9.97 Å². The molecular formula is C20H30N2O2S. The van der Waals surface area contributed by atoms with Gasteiger partial charge in [-0.15, -0.1) is 0 Å². The van der Waals surface area contributed by atoms with Gasteiger partial charge in [0, 0.05) is 5.75 Å². The van der Waals surface area contributed by atoms with Crippen molar-refractivity contribution in [2.24, 2.45) is 0 Å². The third-order valence-corrected chi connectivity index (χ3v) is 5.39. The van der Waals surface area contributed by atoms with Crippen LogP contribution in [0.5, 0.6) is 0 Å². The first-order chi connectivity index (χ1) is 12.2. The summed E-state index contributed by atoms with van der Waals surface area (Å²) in [7, 11) is 0. The molecule has 2 N–H and O–H groups in total. The quantitative estimate of drug-likeness (QED) is 0.501. The Kier molecular flexibility index (Phi) is 9.05. The molecule has 4 nitrogen and oxygen atoms in total. The van der Waals surface area contributed by atoms with E-state index in [0.717, 1.165) is 35.6 Å². The van der Waals surface area contributed by atoms with Crippen LogP contribution in [0.2, 0.25) is 0 Å². The average molecular weight is 363 g/mol. The summed E-state index contributed by atoms with van der Waals surface area (Å²) in [6, 6.07) is 7.60. The number of nitrogens with one attached hydrogen (secondary N) is 1. The Hall–Kier alpha value is -1.33. The van der Waals surface area contributed by atoms with Crippen LogP contribution in [0, 0.1) is 0 Å². The Labute approximate surface area is 154 Å². The van der Waals surface area contributed by atoms with Crippen LogP contribution in [-0.2, 0) is 0 Å². The fourth-order valence-electron chi connectivity index (χ4n) is 2.89. The van der Waals surface area contributed by atoms with Crippen molar-refractivity contribution in [3.8, 4) is 0 Å². The maximum Gasteiger partial charge on any atom is 0.254 e. The standard InChI is InChI=1S/C20H30N2O2S/c1-2-3-4-5-6-7-8-9-12-16(23)15-25-20(24)19-21-17-13-10-11-14-18(17)22-19/h10-11,13-14,16,23H,2-9,12,15H2,1H3,(H,21,22). The Morgan fingerprint density at radius 1 is 1.12 bits per heavy atom. The molecule has 0 saturated carbocycles. The Bertz CT molecular complexity index is 608. The number of hydrogen-bond donors (Lipinski definition) is 2. The van der Waals surface area contributed by atoms with Gasteiger partial charge in [0.05, 0.1) is 17.1 Å². The molecule has 5 heteroatoms. The van der Waals surface area contributed by atoms with Crippen molar-refractivity contribution < 1.29 is 9.90 Å². The molecule has 1 atom stereocenters. The van der Waals surface area contributed by atoms with Crippen molar-refractivity contribution in [2.75, 3.05) is 5.75 Å². The normalized spacial score (nSPS) is 12.6. The van der Waals surface area contributed by atoms with E-state index in [1.165, 1.54) is 44.9 Å². The summed E-state index contributed by atoms with van der Waals surface area (Å²) in [5, 5.41) is 9.95. The minimum Gasteiger partial charge on any atom is -0.392 e. The van der Waals surface area contributed by atoms with Crippen LogP contribution in [0.3, 0.4) is 0 Å². The van der Waals surface area contributed by atoms with E-state index in [1.54, 1.807) is 0 Å². The zero-order chi connectivity index (χ0) is 17.9. The Balaban J connectivity index is 1.58. The van der Waals surface area contributed by atoms with Crippen molar-refractivity contribution >= 4 is 27.9 Å². The Morgan fingerprint density at radius 3 is 2.52 bits per heavy atom. The number of para-hydroxylation sites is 2. The predicted molar refractivity (Wildman–Crippen MR) is 106 cm³/mol. The lowest BCUT2D eigenvalue weighted by atomic mass is 10.1. The summed E-state index contributed by atoms with van der Waals surface area (Å²) >= 11 is 1.15. The lowest BCUT2D eigenvalue weighted by Crippen LogP contribution is -2.12. The van der Waals surface area contributed by atoms with Crippen molar-refractivity contribution in [2.45, 2.75) is 70.8 Å². The van der Waals surface area contributed by atoms with Gasteiger partial charge in [-0.05, 0) is 18.6 Å². The highest BCUT2D eigenvalue weighted by molar-refractivity contribution is 8.14. The number of aromatic nitrogens is 2. The molecule has 0 aliphatic rings. The largest absolute Gasteiger partial charge is 0.392 e. The number of carbonyl (C=O) groups excluding carboxylic acids is 1. The molecule has 0 bridgehead atoms. The van der Waals surface area contributed by atoms with Gasteiger partial charge in [0.2, 0.25) is 0 Å². The lowest BCUT2D eigenvalue weighted by molar-refractivity contribution is 0.107. The minimum absolute atomic E-state index is 0.105. The van der Waals surface area contributed by atoms with Crippen LogP contribution < -0.4 is 0 Å². The van der Waals surface area contributed by atoms with E-state index < -0.39 is 6.10 Å². The lowest BCUT2D eigenvalue weighted by Gasteiger charge is -2.09. The zero-order valence-electron chi connectivity index (χ0n) is 15.2. The summed E-state index contributed by atoms with van der Waals surface area (Å²) in [6.07, 6.45) is 10.4. The van der Waals surface area contributed by atoms with Crippen molar-refractivity contribution in [3.05, 3.63) is 30.1 Å². The zero-order valence-corrected chi connectivity index (χ0v) is 16.0. The number of hydrogen-bond acceptors (Lipinski definition) is 4. The second-order valence-electron chi connectivity index (χ2n) is 6.62. The highest BCUT2D eigenvalue weighted by atomic mass is 32.2. The number of aliphatic hydroxyl groups is 1. The molecule has 0 amide bonds. The fourth-order valence-corrected chi connectivity index (χ4v) is 3.63. The smallest absolute Gasteiger partial charge is 0.254 e. The molecule has 0 saturated heterocycles. The maximum atomic E-state index is 12.2. The van der Waals surface area contributed by atoms with E-state index in [-0.39, 0.29) is 5.12 Å². The number of rotatable bonds is 12. The van der Waals surface area contributed by atoms with Gasteiger partial charge < -0.3 is 10.1 Å². The van der Waals surface area contributed by atoms with E-state index in [4.69, 9.17) is 0 Å². The molecule has 2 aromatic rings. The van der Waals surface area contributed by atoms with Crippen molar-refractivity contribution in [3.63, 3.8) is 0 Å². The number of carbonyl (C=O) groups is 1. The number of fused-ring (bicyclic) bond motifs is 1. The Morgan fingerprint density at radius 2 is 1.80 bits per heavy atom. The monoisotopic (exact) mass is 362 g/mol. The number of nitrogens with zero attached hydrogens (tertiary/aromatic N) is 1. The molecule has 0 aliphatic heterocycles. The highest BCUT2D eigenvalue weighted by Gasteiger charge is 2.14. The van der Waals surface area contributed by atoms with Gasteiger partial charge in [0.25, 0.3) is 5.12 Å². The molecule has 1 heterocycles. The fraction of sp³-hybridized carbons (Fsp3) is 0.600. The van der Waals surface area contributed by atoms with E-state index in [9.17, 15) is 9.90 Å². The van der Waals surface area contributed by atoms with Gasteiger partial charge in [0.1, 0.15) is 0 Å². The predicted octanol–water partition coefficient (Wildman–Crippen LogP) is 5.33. The molecule has 0 spiro atoms. The van der Waals surface area contributed by atoms with Gasteiger partial charge in [-0.2, -0.15) is 0 Å². The van der Waals surface area contributed by atoms with Gasteiger partial charge in [-0.3, -0.25) is 4.79 Å². The van der Waals surface area contributed by atoms with E-state index in [0.29, 0.717) is 11.6 Å². The number of H-pyrrole nitrogens is 1. The summed E-state index contributed by atoms with van der Waals surface area (Å²) in [4.78, 5) is 19.5. The molecule has 1 aromatic heterocycles. The molecule has 0 aliphatic carbocycles. The molecule has 0 radical (unpaired) electrons. The number of aliphatic hydroxyl groups excluding tert-OH is 1. The summed E-state index contributed by atoms with van der Waals surface area (Å²) < 4.78 is 0. The number of benzene rings is 1. The number of aromatic amines is 1. The van der Waals surface area contributed by atoms with Gasteiger partial charge in [0.15, 0.2) is 5.82 Å². The first-order valence-corrected chi connectivity index (χ1v) is 10.5. The molecule has 0 fully saturated rings. The first-order valence-electron chi connectivity index (χ1n) is 9.50. The molecule has 1 aromatic carbocycles.